The number of unbranched alkanes of at least 4 members (excludes halogenated alkanes) is 1. The van der Waals surface area contributed by atoms with Crippen molar-refractivity contribution < 1.29 is 0 Å². The average Bonchev–Trinajstić information content (AvgIpc) is 2.43. The van der Waals surface area contributed by atoms with Gasteiger partial charge in [-0.1, -0.05) is 60.3 Å². The Morgan fingerprint density at radius 1 is 1.05 bits per heavy atom. The van der Waals surface area contributed by atoms with Gasteiger partial charge in [-0.2, -0.15) is 0 Å². The lowest BCUT2D eigenvalue weighted by molar-refractivity contribution is 0.0446. The first kappa shape index (κ1) is 18.0. The molecule has 1 heterocycles. The quantitative estimate of drug-likeness (QED) is 0.672. The van der Waals surface area contributed by atoms with E-state index < -0.39 is 0 Å². The van der Waals surface area contributed by atoms with Crippen molar-refractivity contribution in [3.8, 4) is 0 Å². The molecule has 0 aromatic carbocycles. The number of hydrogen-bond acceptors (Lipinski definition) is 2. The van der Waals surface area contributed by atoms with Gasteiger partial charge in [0.25, 0.3) is 0 Å². The Labute approximate surface area is 127 Å². The molecule has 1 aliphatic rings. The minimum Gasteiger partial charge on any atom is -0.311 e. The van der Waals surface area contributed by atoms with E-state index in [0.717, 1.165) is 24.0 Å². The molecule has 2 heteroatoms. The molecule has 0 aromatic heterocycles. The SMILES string of the molecule is CCCCC(CCC)N1CC(CCC)NCC1C(C)C. The lowest BCUT2D eigenvalue weighted by atomic mass is 9.92. The van der Waals surface area contributed by atoms with Crippen LogP contribution in [-0.2, 0) is 0 Å². The Bertz CT molecular complexity index is 240. The second kappa shape index (κ2) is 9.78. The van der Waals surface area contributed by atoms with Gasteiger partial charge in [0.15, 0.2) is 0 Å². The normalized spacial score (nSPS) is 26.1. The van der Waals surface area contributed by atoms with Crippen molar-refractivity contribution in [2.45, 2.75) is 97.7 Å². The number of piperazine rings is 1. The highest BCUT2D eigenvalue weighted by Crippen LogP contribution is 2.24. The first-order chi connectivity index (χ1) is 9.63. The Kier molecular flexibility index (Phi) is 8.79. The van der Waals surface area contributed by atoms with Gasteiger partial charge < -0.3 is 5.32 Å². The van der Waals surface area contributed by atoms with E-state index in [1.165, 1.54) is 58.0 Å². The fraction of sp³-hybridized carbons (Fsp3) is 1.00. The summed E-state index contributed by atoms with van der Waals surface area (Å²) in [6, 6.07) is 2.27. The van der Waals surface area contributed by atoms with Crippen LogP contribution in [0.4, 0.5) is 0 Å². The number of rotatable bonds is 9. The lowest BCUT2D eigenvalue weighted by Gasteiger charge is -2.46. The molecule has 1 N–H and O–H groups in total. The van der Waals surface area contributed by atoms with E-state index >= 15 is 0 Å². The maximum atomic E-state index is 3.79. The first-order valence-electron chi connectivity index (χ1n) is 9.13. The fourth-order valence-corrected chi connectivity index (χ4v) is 3.69. The molecular weight excluding hydrogens is 244 g/mol. The van der Waals surface area contributed by atoms with E-state index in [1.807, 2.05) is 0 Å². The van der Waals surface area contributed by atoms with Crippen molar-refractivity contribution in [3.63, 3.8) is 0 Å². The third kappa shape index (κ3) is 5.37. The van der Waals surface area contributed by atoms with Crippen LogP contribution in [-0.4, -0.2) is 36.1 Å². The summed E-state index contributed by atoms with van der Waals surface area (Å²) in [5.41, 5.74) is 0. The zero-order valence-corrected chi connectivity index (χ0v) is 14.6. The number of nitrogens with zero attached hydrogens (tertiary/aromatic N) is 1. The molecule has 3 unspecified atom stereocenters. The third-order valence-corrected chi connectivity index (χ3v) is 4.86. The van der Waals surface area contributed by atoms with E-state index in [4.69, 9.17) is 0 Å². The Morgan fingerprint density at radius 2 is 1.80 bits per heavy atom. The van der Waals surface area contributed by atoms with Crippen molar-refractivity contribution in [1.82, 2.24) is 10.2 Å². The van der Waals surface area contributed by atoms with E-state index in [-0.39, 0.29) is 0 Å². The molecule has 0 aliphatic carbocycles. The predicted molar refractivity (Wildman–Crippen MR) is 90.3 cm³/mol. The molecule has 0 saturated carbocycles. The Balaban J connectivity index is 2.72. The summed E-state index contributed by atoms with van der Waals surface area (Å²) in [5, 5.41) is 3.79. The molecule has 1 aliphatic heterocycles. The molecule has 1 fully saturated rings. The molecule has 1 rings (SSSR count). The molecule has 0 amide bonds. The van der Waals surface area contributed by atoms with E-state index in [1.54, 1.807) is 0 Å². The van der Waals surface area contributed by atoms with Crippen LogP contribution in [0.1, 0.15) is 79.6 Å². The van der Waals surface area contributed by atoms with Crippen molar-refractivity contribution in [2.75, 3.05) is 13.1 Å². The van der Waals surface area contributed by atoms with E-state index in [9.17, 15) is 0 Å². The monoisotopic (exact) mass is 282 g/mol. The standard InChI is InChI=1S/C18H38N2/c1-6-9-12-17(11-8-3)20-14-16(10-7-2)19-13-18(20)15(4)5/h15-19H,6-14H2,1-5H3. The fourth-order valence-electron chi connectivity index (χ4n) is 3.69. The molecule has 2 nitrogen and oxygen atoms in total. The van der Waals surface area contributed by atoms with Crippen LogP contribution in [0, 0.1) is 5.92 Å². The van der Waals surface area contributed by atoms with Crippen molar-refractivity contribution >= 4 is 0 Å². The van der Waals surface area contributed by atoms with Crippen molar-refractivity contribution in [2.24, 2.45) is 5.92 Å². The summed E-state index contributed by atoms with van der Waals surface area (Å²) in [5.74, 6) is 0.756. The Hall–Kier alpha value is -0.0800. The maximum absolute atomic E-state index is 3.79. The zero-order chi connectivity index (χ0) is 15.0. The van der Waals surface area contributed by atoms with Crippen LogP contribution >= 0.6 is 0 Å². The highest BCUT2D eigenvalue weighted by Gasteiger charge is 2.33. The second-order valence-corrected chi connectivity index (χ2v) is 6.99. The highest BCUT2D eigenvalue weighted by atomic mass is 15.3. The molecule has 20 heavy (non-hydrogen) atoms. The smallest absolute Gasteiger partial charge is 0.0247 e. The summed E-state index contributed by atoms with van der Waals surface area (Å²) >= 11 is 0. The van der Waals surface area contributed by atoms with Crippen LogP contribution in [0.15, 0.2) is 0 Å². The molecule has 3 atom stereocenters. The summed E-state index contributed by atoms with van der Waals surface area (Å²) in [6.07, 6.45) is 9.43. The van der Waals surface area contributed by atoms with Crippen LogP contribution < -0.4 is 5.32 Å². The molecule has 0 spiro atoms. The van der Waals surface area contributed by atoms with Crippen LogP contribution in [0.25, 0.3) is 0 Å². The molecule has 0 bridgehead atoms. The van der Waals surface area contributed by atoms with Gasteiger partial charge in [-0.15, -0.1) is 0 Å². The van der Waals surface area contributed by atoms with Crippen LogP contribution in [0.3, 0.4) is 0 Å². The number of nitrogens with one attached hydrogen (secondary N) is 1. The van der Waals surface area contributed by atoms with Gasteiger partial charge in [-0.25, -0.2) is 0 Å². The molecular formula is C18H38N2. The van der Waals surface area contributed by atoms with Gasteiger partial charge in [0.1, 0.15) is 0 Å². The summed E-state index contributed by atoms with van der Waals surface area (Å²) < 4.78 is 0. The van der Waals surface area contributed by atoms with Crippen LogP contribution in [0.2, 0.25) is 0 Å². The predicted octanol–water partition coefficient (Wildman–Crippen LogP) is 4.44. The number of hydrogen-bond donors (Lipinski definition) is 1. The van der Waals surface area contributed by atoms with Gasteiger partial charge in [0.2, 0.25) is 0 Å². The van der Waals surface area contributed by atoms with E-state index in [2.05, 4.69) is 44.8 Å². The van der Waals surface area contributed by atoms with Gasteiger partial charge in [0.05, 0.1) is 0 Å². The highest BCUT2D eigenvalue weighted by molar-refractivity contribution is 4.91. The Morgan fingerprint density at radius 3 is 2.35 bits per heavy atom. The zero-order valence-electron chi connectivity index (χ0n) is 14.6. The van der Waals surface area contributed by atoms with E-state index in [0.29, 0.717) is 0 Å². The minimum absolute atomic E-state index is 0.719. The molecule has 0 radical (unpaired) electrons. The summed E-state index contributed by atoms with van der Waals surface area (Å²) in [4.78, 5) is 2.88. The van der Waals surface area contributed by atoms with Crippen molar-refractivity contribution in [3.05, 3.63) is 0 Å². The van der Waals surface area contributed by atoms with Crippen LogP contribution in [0.5, 0.6) is 0 Å². The first-order valence-corrected chi connectivity index (χ1v) is 9.13. The topological polar surface area (TPSA) is 15.3 Å². The summed E-state index contributed by atoms with van der Waals surface area (Å²) in [6.45, 7) is 14.2. The van der Waals surface area contributed by atoms with Gasteiger partial charge in [-0.05, 0) is 25.2 Å². The molecule has 120 valence electrons. The van der Waals surface area contributed by atoms with Gasteiger partial charge >= 0.3 is 0 Å². The van der Waals surface area contributed by atoms with Gasteiger partial charge in [-0.3, -0.25) is 4.90 Å². The molecule has 0 aromatic rings. The summed E-state index contributed by atoms with van der Waals surface area (Å²) in [7, 11) is 0. The van der Waals surface area contributed by atoms with Gasteiger partial charge in [0, 0.05) is 31.2 Å². The second-order valence-electron chi connectivity index (χ2n) is 6.99. The minimum atomic E-state index is 0.719. The van der Waals surface area contributed by atoms with Crippen molar-refractivity contribution in [1.29, 1.82) is 0 Å². The third-order valence-electron chi connectivity index (χ3n) is 4.86. The lowest BCUT2D eigenvalue weighted by Crippen LogP contribution is -2.61. The maximum Gasteiger partial charge on any atom is 0.0247 e. The largest absolute Gasteiger partial charge is 0.311 e. The average molecular weight is 283 g/mol. The molecule has 1 saturated heterocycles.